The zero-order chi connectivity index (χ0) is 14.9. The number of carbonyl (C=O) groups is 2. The summed E-state index contributed by atoms with van der Waals surface area (Å²) in [6, 6.07) is 0. The van der Waals surface area contributed by atoms with E-state index in [0.717, 1.165) is 18.7 Å². The summed E-state index contributed by atoms with van der Waals surface area (Å²) in [7, 11) is 2.04. The Kier molecular flexibility index (Phi) is 4.48. The van der Waals surface area contributed by atoms with Crippen molar-refractivity contribution in [2.24, 2.45) is 17.8 Å². The van der Waals surface area contributed by atoms with Crippen LogP contribution in [0, 0.1) is 17.8 Å². The second-order valence-corrected chi connectivity index (χ2v) is 6.18. The standard InChI is InChI=1S/C15H24N2O3/c1-10-8-11(2)13(15(19)20)12(9-10)14(18)17-6-4-16(3)5-7-17/h8,11-13H,4-7,9H2,1-3H3,(H,19,20)/t11-,12-,13-/m0/s1. The van der Waals surface area contributed by atoms with Gasteiger partial charge >= 0.3 is 5.97 Å². The van der Waals surface area contributed by atoms with E-state index in [-0.39, 0.29) is 11.8 Å². The van der Waals surface area contributed by atoms with Crippen LogP contribution < -0.4 is 0 Å². The number of carbonyl (C=O) groups excluding carboxylic acids is 1. The van der Waals surface area contributed by atoms with E-state index >= 15 is 0 Å². The number of nitrogens with zero attached hydrogens (tertiary/aromatic N) is 2. The molecule has 1 amide bonds. The lowest BCUT2D eigenvalue weighted by molar-refractivity contribution is -0.153. The van der Waals surface area contributed by atoms with Crippen LogP contribution in [-0.4, -0.2) is 60.0 Å². The molecule has 1 fully saturated rings. The maximum atomic E-state index is 12.7. The summed E-state index contributed by atoms with van der Waals surface area (Å²) in [6.07, 6.45) is 2.57. The molecule has 1 saturated heterocycles. The molecule has 112 valence electrons. The second kappa shape index (κ2) is 5.95. The highest BCUT2D eigenvalue weighted by molar-refractivity contribution is 5.85. The zero-order valence-corrected chi connectivity index (χ0v) is 12.5. The number of aliphatic carboxylic acids is 1. The minimum atomic E-state index is -0.853. The predicted octanol–water partition coefficient (Wildman–Crippen LogP) is 1.06. The van der Waals surface area contributed by atoms with Crippen LogP contribution in [0.25, 0.3) is 0 Å². The van der Waals surface area contributed by atoms with E-state index in [0.29, 0.717) is 19.5 Å². The fourth-order valence-corrected chi connectivity index (χ4v) is 3.36. The zero-order valence-electron chi connectivity index (χ0n) is 12.5. The average Bonchev–Trinajstić information content (AvgIpc) is 2.37. The van der Waals surface area contributed by atoms with Crippen molar-refractivity contribution in [1.29, 1.82) is 0 Å². The van der Waals surface area contributed by atoms with Gasteiger partial charge in [-0.15, -0.1) is 0 Å². The molecule has 5 heteroatoms. The van der Waals surface area contributed by atoms with Crippen LogP contribution >= 0.6 is 0 Å². The molecule has 0 aromatic rings. The van der Waals surface area contributed by atoms with E-state index in [9.17, 15) is 14.7 Å². The smallest absolute Gasteiger partial charge is 0.307 e. The van der Waals surface area contributed by atoms with Crippen LogP contribution in [0.2, 0.25) is 0 Å². The monoisotopic (exact) mass is 280 g/mol. The van der Waals surface area contributed by atoms with Crippen molar-refractivity contribution < 1.29 is 14.7 Å². The Labute approximate surface area is 120 Å². The average molecular weight is 280 g/mol. The molecule has 0 aromatic heterocycles. The maximum absolute atomic E-state index is 12.7. The first-order valence-electron chi connectivity index (χ1n) is 7.27. The van der Waals surface area contributed by atoms with Crippen LogP contribution in [0.3, 0.4) is 0 Å². The van der Waals surface area contributed by atoms with Gasteiger partial charge in [-0.2, -0.15) is 0 Å². The number of carboxylic acids is 1. The van der Waals surface area contributed by atoms with Crippen molar-refractivity contribution in [2.75, 3.05) is 33.2 Å². The number of hydrogen-bond acceptors (Lipinski definition) is 3. The molecular formula is C15H24N2O3. The molecule has 1 N–H and O–H groups in total. The van der Waals surface area contributed by atoms with Crippen molar-refractivity contribution >= 4 is 11.9 Å². The topological polar surface area (TPSA) is 60.9 Å². The van der Waals surface area contributed by atoms with Gasteiger partial charge in [-0.1, -0.05) is 18.6 Å². The molecule has 0 spiro atoms. The second-order valence-electron chi connectivity index (χ2n) is 6.18. The van der Waals surface area contributed by atoms with Crippen molar-refractivity contribution in [1.82, 2.24) is 9.80 Å². The first kappa shape index (κ1) is 15.0. The summed E-state index contributed by atoms with van der Waals surface area (Å²) >= 11 is 0. The molecule has 1 heterocycles. The lowest BCUT2D eigenvalue weighted by atomic mass is 9.73. The predicted molar refractivity (Wildman–Crippen MR) is 76.2 cm³/mol. The molecule has 1 aliphatic carbocycles. The normalized spacial score (nSPS) is 31.9. The van der Waals surface area contributed by atoms with Gasteiger partial charge in [0.05, 0.1) is 11.8 Å². The summed E-state index contributed by atoms with van der Waals surface area (Å²) in [5, 5.41) is 9.45. The Bertz CT molecular complexity index is 425. The van der Waals surface area contributed by atoms with Gasteiger partial charge in [0, 0.05) is 26.2 Å². The molecule has 0 bridgehead atoms. The van der Waals surface area contributed by atoms with Gasteiger partial charge in [-0.25, -0.2) is 0 Å². The van der Waals surface area contributed by atoms with Gasteiger partial charge in [0.15, 0.2) is 0 Å². The summed E-state index contributed by atoms with van der Waals surface area (Å²) in [5.74, 6) is -1.91. The van der Waals surface area contributed by atoms with Gasteiger partial charge in [0.2, 0.25) is 5.91 Å². The molecule has 0 saturated carbocycles. The summed E-state index contributed by atoms with van der Waals surface area (Å²) < 4.78 is 0. The summed E-state index contributed by atoms with van der Waals surface area (Å²) in [5.41, 5.74) is 1.13. The van der Waals surface area contributed by atoms with Crippen LogP contribution in [0.15, 0.2) is 11.6 Å². The van der Waals surface area contributed by atoms with E-state index in [1.165, 1.54) is 0 Å². The number of amides is 1. The first-order chi connectivity index (χ1) is 9.40. The van der Waals surface area contributed by atoms with E-state index in [1.54, 1.807) is 0 Å². The Hall–Kier alpha value is -1.36. The van der Waals surface area contributed by atoms with E-state index in [1.807, 2.05) is 31.9 Å². The van der Waals surface area contributed by atoms with Gasteiger partial charge in [-0.05, 0) is 26.3 Å². The number of piperazine rings is 1. The molecule has 5 nitrogen and oxygen atoms in total. The molecule has 1 aliphatic heterocycles. The number of hydrogen-bond donors (Lipinski definition) is 1. The van der Waals surface area contributed by atoms with Gasteiger partial charge in [0.25, 0.3) is 0 Å². The quantitative estimate of drug-likeness (QED) is 0.769. The molecule has 0 unspecified atom stereocenters. The van der Waals surface area contributed by atoms with E-state index < -0.39 is 17.8 Å². The van der Waals surface area contributed by atoms with Crippen LogP contribution in [0.1, 0.15) is 20.3 Å². The fourth-order valence-electron chi connectivity index (χ4n) is 3.36. The van der Waals surface area contributed by atoms with Crippen molar-refractivity contribution in [3.63, 3.8) is 0 Å². The van der Waals surface area contributed by atoms with Crippen LogP contribution in [0.4, 0.5) is 0 Å². The third-order valence-electron chi connectivity index (χ3n) is 4.51. The number of allylic oxidation sites excluding steroid dienone is 2. The van der Waals surface area contributed by atoms with Crippen molar-refractivity contribution in [3.05, 3.63) is 11.6 Å². The van der Waals surface area contributed by atoms with Gasteiger partial charge in [-0.3, -0.25) is 9.59 Å². The SMILES string of the molecule is CC1=C[C@H](C)[C@H](C(=O)O)[C@@H](C(=O)N2CCN(C)CC2)C1. The number of rotatable bonds is 2. The highest BCUT2D eigenvalue weighted by Crippen LogP contribution is 2.35. The lowest BCUT2D eigenvalue weighted by Gasteiger charge is -2.38. The Morgan fingerprint density at radius 2 is 1.85 bits per heavy atom. The molecule has 0 aromatic carbocycles. The highest BCUT2D eigenvalue weighted by atomic mass is 16.4. The van der Waals surface area contributed by atoms with E-state index in [2.05, 4.69) is 4.90 Å². The number of likely N-dealkylation sites (N-methyl/N-ethyl adjacent to an activating group) is 1. The molecule has 2 aliphatic rings. The molecule has 20 heavy (non-hydrogen) atoms. The molecular weight excluding hydrogens is 256 g/mol. The number of carboxylic acid groups (broad SMARTS) is 1. The highest BCUT2D eigenvalue weighted by Gasteiger charge is 2.41. The maximum Gasteiger partial charge on any atom is 0.307 e. The Morgan fingerprint density at radius 3 is 2.40 bits per heavy atom. The van der Waals surface area contributed by atoms with Gasteiger partial charge in [0.1, 0.15) is 0 Å². The lowest BCUT2D eigenvalue weighted by Crippen LogP contribution is -2.51. The fraction of sp³-hybridized carbons (Fsp3) is 0.733. The molecule has 0 radical (unpaired) electrons. The summed E-state index contributed by atoms with van der Waals surface area (Å²) in [6.45, 7) is 7.01. The largest absolute Gasteiger partial charge is 0.481 e. The Morgan fingerprint density at radius 1 is 1.25 bits per heavy atom. The molecule has 3 atom stereocenters. The van der Waals surface area contributed by atoms with E-state index in [4.69, 9.17) is 0 Å². The van der Waals surface area contributed by atoms with Crippen LogP contribution in [-0.2, 0) is 9.59 Å². The minimum absolute atomic E-state index is 0.0183. The Balaban J connectivity index is 2.14. The minimum Gasteiger partial charge on any atom is -0.481 e. The van der Waals surface area contributed by atoms with Crippen LogP contribution in [0.5, 0.6) is 0 Å². The van der Waals surface area contributed by atoms with Crippen molar-refractivity contribution in [3.8, 4) is 0 Å². The van der Waals surface area contributed by atoms with Crippen molar-refractivity contribution in [2.45, 2.75) is 20.3 Å². The summed E-state index contributed by atoms with van der Waals surface area (Å²) in [4.78, 5) is 28.2. The third-order valence-corrected chi connectivity index (χ3v) is 4.51. The van der Waals surface area contributed by atoms with Gasteiger partial charge < -0.3 is 14.9 Å². The first-order valence-corrected chi connectivity index (χ1v) is 7.27. The molecule has 2 rings (SSSR count). The third kappa shape index (κ3) is 3.03.